The monoisotopic (exact) mass is 607 g/mol. The minimum atomic E-state index is -0.460. The van der Waals surface area contributed by atoms with Gasteiger partial charge in [-0.2, -0.15) is 0 Å². The molecule has 2 aromatic carbocycles. The summed E-state index contributed by atoms with van der Waals surface area (Å²) in [7, 11) is 0. The largest absolute Gasteiger partial charge is 2.00 e. The molecule has 0 aliphatic carbocycles. The normalized spacial score (nSPS) is 15.5. The predicted molar refractivity (Wildman–Crippen MR) is 117 cm³/mol. The second-order valence-corrected chi connectivity index (χ2v) is 7.32. The van der Waals surface area contributed by atoms with Crippen LogP contribution in [0.15, 0.2) is 70.6 Å². The zero-order chi connectivity index (χ0) is 22.5. The molecule has 2 aromatic rings. The van der Waals surface area contributed by atoms with E-state index in [0.717, 1.165) is 11.1 Å². The van der Waals surface area contributed by atoms with Gasteiger partial charge in [0.25, 0.3) is 0 Å². The quantitative estimate of drug-likeness (QED) is 0.355. The van der Waals surface area contributed by atoms with Crippen molar-refractivity contribution in [2.45, 2.75) is 64.8 Å². The number of nitrogens with zero attached hydrogens (tertiary/aromatic N) is 2. The first-order valence-electron chi connectivity index (χ1n) is 10.1. The van der Waals surface area contributed by atoms with Crippen LogP contribution in [0.25, 0.3) is 0 Å². The van der Waals surface area contributed by atoms with E-state index in [-0.39, 0.29) is 44.9 Å². The van der Waals surface area contributed by atoms with Gasteiger partial charge in [-0.3, -0.25) is 9.98 Å². The van der Waals surface area contributed by atoms with Gasteiger partial charge in [-0.1, -0.05) is 60.7 Å². The molecule has 0 spiro atoms. The van der Waals surface area contributed by atoms with E-state index in [4.69, 9.17) is 0 Å². The first-order valence-corrected chi connectivity index (χ1v) is 10.1. The van der Waals surface area contributed by atoms with Crippen LogP contribution in [0.1, 0.15) is 63.7 Å². The maximum atomic E-state index is 11.0. The molecule has 0 fully saturated rings. The summed E-state index contributed by atoms with van der Waals surface area (Å²) in [5.41, 5.74) is 1.93. The maximum Gasteiger partial charge on any atom is 2.00 e. The Labute approximate surface area is 199 Å². The second kappa shape index (κ2) is 15.7. The van der Waals surface area contributed by atoms with Gasteiger partial charge >= 0.3 is 21.1 Å². The van der Waals surface area contributed by atoms with Crippen LogP contribution in [-0.4, -0.2) is 34.2 Å². The number of aliphatic hydroxyl groups is 2. The average molecular weight is 608 g/mol. The molecule has 172 valence electrons. The molecular formula is C24H32N2O4Pt. The summed E-state index contributed by atoms with van der Waals surface area (Å²) >= 11 is 0. The van der Waals surface area contributed by atoms with Gasteiger partial charge in [0, 0.05) is 0 Å². The molecule has 31 heavy (non-hydrogen) atoms. The molecule has 0 radical (unpaired) electrons. The molecular weight excluding hydrogens is 575 g/mol. The Kier molecular flexibility index (Phi) is 14.7. The molecule has 0 bridgehead atoms. The van der Waals surface area contributed by atoms with E-state index < -0.39 is 12.2 Å². The van der Waals surface area contributed by atoms with Crippen molar-refractivity contribution in [2.75, 3.05) is 0 Å². The molecule has 0 aromatic heterocycles. The fourth-order valence-corrected chi connectivity index (χ4v) is 2.96. The van der Waals surface area contributed by atoms with Gasteiger partial charge in [0.15, 0.2) is 0 Å². The summed E-state index contributed by atoms with van der Waals surface area (Å²) in [5.74, 6) is -0.408. The maximum absolute atomic E-state index is 11.0. The molecule has 7 heteroatoms. The Morgan fingerprint density at radius 1 is 0.710 bits per heavy atom. The first-order chi connectivity index (χ1) is 14.2. The van der Waals surface area contributed by atoms with Crippen molar-refractivity contribution in [2.24, 2.45) is 9.98 Å². The van der Waals surface area contributed by atoms with Crippen LogP contribution in [0, 0.1) is 0 Å². The Hall–Kier alpha value is -2.01. The van der Waals surface area contributed by atoms with Crippen molar-refractivity contribution in [1.29, 1.82) is 0 Å². The van der Waals surface area contributed by atoms with E-state index in [0.29, 0.717) is 12.8 Å². The molecule has 2 N–H and O–H groups in total. The van der Waals surface area contributed by atoms with Gasteiger partial charge in [-0.15, -0.1) is 0 Å². The average Bonchev–Trinajstić information content (AvgIpc) is 2.67. The number of aliphatic imine (C=N–C) groups is 2. The fourth-order valence-electron chi connectivity index (χ4n) is 2.96. The van der Waals surface area contributed by atoms with Crippen molar-refractivity contribution < 1.29 is 41.5 Å². The zero-order valence-electron chi connectivity index (χ0n) is 18.4. The molecule has 6 nitrogen and oxygen atoms in total. The molecule has 0 aliphatic rings. The first kappa shape index (κ1) is 29.0. The van der Waals surface area contributed by atoms with Crippen molar-refractivity contribution in [3.05, 3.63) is 71.8 Å². The van der Waals surface area contributed by atoms with Gasteiger partial charge in [-0.05, 0) is 63.5 Å². The number of benzene rings is 2. The van der Waals surface area contributed by atoms with E-state index in [1.807, 2.05) is 60.7 Å². The van der Waals surface area contributed by atoms with Gasteiger partial charge in [0.05, 0.1) is 24.3 Å². The summed E-state index contributed by atoms with van der Waals surface area (Å²) in [6, 6.07) is 18.6. The summed E-state index contributed by atoms with van der Waals surface area (Å²) in [6.07, 6.45) is 0.0318. The van der Waals surface area contributed by atoms with Crippen LogP contribution in [0.2, 0.25) is 0 Å². The van der Waals surface area contributed by atoms with Gasteiger partial charge < -0.3 is 20.4 Å². The summed E-state index contributed by atoms with van der Waals surface area (Å²) in [4.78, 5) is 7.98. The Balaban J connectivity index is 0.000000562. The van der Waals surface area contributed by atoms with Crippen molar-refractivity contribution in [3.63, 3.8) is 0 Å². The van der Waals surface area contributed by atoms with Crippen LogP contribution in [0.4, 0.5) is 0 Å². The number of rotatable bonds is 8. The van der Waals surface area contributed by atoms with Crippen molar-refractivity contribution in [1.82, 2.24) is 0 Å². The van der Waals surface area contributed by atoms with E-state index in [9.17, 15) is 20.4 Å². The molecule has 0 aliphatic heterocycles. The topological polar surface area (TPSA) is 111 Å². The van der Waals surface area contributed by atoms with Crippen LogP contribution < -0.4 is 10.2 Å². The fraction of sp³-hybridized carbons (Fsp3) is 0.417. The molecule has 2 rings (SSSR count). The number of aliphatic hydroxyl groups excluding tert-OH is 2. The molecule has 0 amide bonds. The second-order valence-electron chi connectivity index (χ2n) is 7.32. The Morgan fingerprint density at radius 2 is 1.00 bits per heavy atom. The molecule has 0 saturated carbocycles. The van der Waals surface area contributed by atoms with E-state index in [1.165, 1.54) is 13.8 Å². The third-order valence-corrected chi connectivity index (χ3v) is 4.17. The summed E-state index contributed by atoms with van der Waals surface area (Å²) < 4.78 is 0. The number of hydrogen-bond acceptors (Lipinski definition) is 6. The summed E-state index contributed by atoms with van der Waals surface area (Å²) in [5, 5.41) is 40.6. The third kappa shape index (κ3) is 13.1. The molecule has 0 heterocycles. The Bertz CT molecular complexity index is 705. The number of hydrogen-bond donors (Lipinski definition) is 2. The standard InChI is InChI=1S/2C12H17NO2.Pt/c2*1-9(14)8-12(13-10(2)15)11-6-4-3-5-7-11;/h2*3-7,9,12,14H,8H2,1-2H3,(H,13,15);/q;;+2/p-2. The third-order valence-electron chi connectivity index (χ3n) is 4.17. The molecule has 4 unspecified atom stereocenters. The minimum Gasteiger partial charge on any atom is -0.862 e. The van der Waals surface area contributed by atoms with Gasteiger partial charge in [-0.25, -0.2) is 0 Å². The van der Waals surface area contributed by atoms with Crippen LogP contribution >= 0.6 is 0 Å². The Morgan fingerprint density at radius 3 is 1.23 bits per heavy atom. The smallest absolute Gasteiger partial charge is 0.862 e. The van der Waals surface area contributed by atoms with E-state index in [1.54, 1.807) is 13.8 Å². The molecule has 0 saturated heterocycles. The van der Waals surface area contributed by atoms with Crippen LogP contribution in [0.3, 0.4) is 0 Å². The molecule has 4 atom stereocenters. The van der Waals surface area contributed by atoms with E-state index >= 15 is 0 Å². The van der Waals surface area contributed by atoms with Crippen LogP contribution in [0.5, 0.6) is 0 Å². The zero-order valence-corrected chi connectivity index (χ0v) is 20.7. The van der Waals surface area contributed by atoms with Gasteiger partial charge in [0.2, 0.25) is 0 Å². The van der Waals surface area contributed by atoms with Gasteiger partial charge in [0.1, 0.15) is 0 Å². The minimum absolute atomic E-state index is 0. The van der Waals surface area contributed by atoms with Crippen LogP contribution in [-0.2, 0) is 21.1 Å². The SMILES string of the molecule is CC([O-])=NC(CC(C)O)c1ccccc1.CC([O-])=NC(CC(C)O)c1ccccc1.[Pt+2]. The van der Waals surface area contributed by atoms with Crippen molar-refractivity contribution in [3.8, 4) is 0 Å². The van der Waals surface area contributed by atoms with E-state index in [2.05, 4.69) is 9.98 Å². The summed E-state index contributed by atoms with van der Waals surface area (Å²) in [6.45, 7) is 6.26. The van der Waals surface area contributed by atoms with Crippen molar-refractivity contribution >= 4 is 11.8 Å². The predicted octanol–water partition coefficient (Wildman–Crippen LogP) is 2.55.